The molecule has 0 aliphatic carbocycles. The highest BCUT2D eigenvalue weighted by Crippen LogP contribution is 2.28. The van der Waals surface area contributed by atoms with Crippen LogP contribution in [0.4, 0.5) is 0 Å². The van der Waals surface area contributed by atoms with Gasteiger partial charge in [0.1, 0.15) is 0 Å². The molecular formula is C23H22N2O2. The summed E-state index contributed by atoms with van der Waals surface area (Å²) in [4.78, 5) is 0. The summed E-state index contributed by atoms with van der Waals surface area (Å²) in [6.07, 6.45) is 1.05. The Hall–Kier alpha value is -3.40. The molecule has 3 rings (SSSR count). The van der Waals surface area contributed by atoms with Crippen LogP contribution in [-0.4, -0.2) is 21.8 Å². The van der Waals surface area contributed by atoms with Gasteiger partial charge in [-0.1, -0.05) is 101 Å². The molecule has 0 atom stereocenters. The Balaban J connectivity index is 1.90. The van der Waals surface area contributed by atoms with E-state index in [9.17, 15) is 10.4 Å². The molecule has 0 unspecified atom stereocenters. The minimum Gasteiger partial charge on any atom is -0.411 e. The summed E-state index contributed by atoms with van der Waals surface area (Å²) >= 11 is 0. The van der Waals surface area contributed by atoms with Gasteiger partial charge in [-0.25, -0.2) is 0 Å². The molecule has 0 spiro atoms. The van der Waals surface area contributed by atoms with Gasteiger partial charge in [-0.2, -0.15) is 0 Å². The molecule has 0 bridgehead atoms. The van der Waals surface area contributed by atoms with E-state index in [4.69, 9.17) is 0 Å². The summed E-state index contributed by atoms with van der Waals surface area (Å²) < 4.78 is 0. The van der Waals surface area contributed by atoms with Gasteiger partial charge in [0, 0.05) is 12.8 Å². The van der Waals surface area contributed by atoms with E-state index in [1.807, 2.05) is 91.0 Å². The molecule has 4 nitrogen and oxygen atoms in total. The molecule has 27 heavy (non-hydrogen) atoms. The van der Waals surface area contributed by atoms with Gasteiger partial charge >= 0.3 is 0 Å². The van der Waals surface area contributed by atoms with E-state index in [0.717, 1.165) is 16.7 Å². The summed E-state index contributed by atoms with van der Waals surface area (Å²) in [6, 6.07) is 29.3. The fourth-order valence-corrected chi connectivity index (χ4v) is 3.19. The van der Waals surface area contributed by atoms with E-state index >= 15 is 0 Å². The molecular weight excluding hydrogens is 336 g/mol. The van der Waals surface area contributed by atoms with E-state index in [1.54, 1.807) is 0 Å². The molecule has 0 aromatic heterocycles. The van der Waals surface area contributed by atoms with Crippen molar-refractivity contribution in [3.8, 4) is 0 Å². The van der Waals surface area contributed by atoms with E-state index in [2.05, 4.69) is 10.3 Å². The Labute approximate surface area is 159 Å². The molecule has 0 saturated heterocycles. The van der Waals surface area contributed by atoms with Crippen molar-refractivity contribution in [2.24, 2.45) is 10.3 Å². The average Bonchev–Trinajstić information content (AvgIpc) is 2.76. The second-order valence-corrected chi connectivity index (χ2v) is 6.34. The van der Waals surface area contributed by atoms with Crippen molar-refractivity contribution in [2.45, 2.75) is 18.8 Å². The molecule has 0 aliphatic heterocycles. The minimum atomic E-state index is 0.00316. The van der Waals surface area contributed by atoms with Crippen LogP contribution >= 0.6 is 0 Å². The van der Waals surface area contributed by atoms with Gasteiger partial charge in [-0.3, -0.25) is 0 Å². The third kappa shape index (κ3) is 4.82. The SMILES string of the molecule is ON=C(CC(CC(=NO)c1ccccc1)c1ccccc1)c1ccccc1. The number of benzene rings is 3. The molecule has 3 aromatic carbocycles. The standard InChI is InChI=1S/C23H22N2O2/c26-24-22(19-12-6-2-7-13-19)16-21(18-10-4-1-5-11-18)17-23(25-27)20-14-8-3-9-15-20/h1-15,21,26-27H,16-17H2. The lowest BCUT2D eigenvalue weighted by molar-refractivity contribution is 0.316. The van der Waals surface area contributed by atoms with Crippen LogP contribution in [0.15, 0.2) is 101 Å². The Kier molecular flexibility index (Phi) is 6.36. The molecule has 0 heterocycles. The number of nitrogens with zero attached hydrogens (tertiary/aromatic N) is 2. The molecule has 0 aliphatic rings. The van der Waals surface area contributed by atoms with Gasteiger partial charge in [0.15, 0.2) is 0 Å². The van der Waals surface area contributed by atoms with Crippen molar-refractivity contribution in [1.82, 2.24) is 0 Å². The predicted molar refractivity (Wildman–Crippen MR) is 108 cm³/mol. The largest absolute Gasteiger partial charge is 0.411 e. The van der Waals surface area contributed by atoms with Crippen molar-refractivity contribution < 1.29 is 10.4 Å². The first-order valence-corrected chi connectivity index (χ1v) is 8.89. The molecule has 136 valence electrons. The highest BCUT2D eigenvalue weighted by Gasteiger charge is 2.20. The quantitative estimate of drug-likeness (QED) is 0.342. The number of rotatable bonds is 7. The second kappa shape index (κ2) is 9.34. The highest BCUT2D eigenvalue weighted by atomic mass is 16.4. The van der Waals surface area contributed by atoms with E-state index < -0.39 is 0 Å². The number of oxime groups is 2. The molecule has 4 heteroatoms. The molecule has 3 aromatic rings. The van der Waals surface area contributed by atoms with Crippen LogP contribution in [0.3, 0.4) is 0 Å². The maximum atomic E-state index is 9.59. The molecule has 0 fully saturated rings. The summed E-state index contributed by atoms with van der Waals surface area (Å²) in [5.74, 6) is 0.00316. The first-order chi connectivity index (χ1) is 13.3. The van der Waals surface area contributed by atoms with Crippen LogP contribution in [0.2, 0.25) is 0 Å². The van der Waals surface area contributed by atoms with Gasteiger partial charge in [0.2, 0.25) is 0 Å². The summed E-state index contributed by atoms with van der Waals surface area (Å²) in [6.45, 7) is 0. The van der Waals surface area contributed by atoms with E-state index in [0.29, 0.717) is 24.3 Å². The van der Waals surface area contributed by atoms with E-state index in [1.165, 1.54) is 0 Å². The lowest BCUT2D eigenvalue weighted by Crippen LogP contribution is -2.14. The smallest absolute Gasteiger partial charge is 0.0874 e. The molecule has 0 saturated carbocycles. The lowest BCUT2D eigenvalue weighted by atomic mass is 9.85. The molecule has 0 amide bonds. The lowest BCUT2D eigenvalue weighted by Gasteiger charge is -2.19. The zero-order chi connectivity index (χ0) is 18.9. The van der Waals surface area contributed by atoms with Crippen molar-refractivity contribution in [1.29, 1.82) is 0 Å². The molecule has 2 N–H and O–H groups in total. The normalized spacial score (nSPS) is 13.3. The first kappa shape index (κ1) is 18.4. The number of hydrogen-bond acceptors (Lipinski definition) is 4. The number of hydrogen-bond donors (Lipinski definition) is 2. The van der Waals surface area contributed by atoms with Gasteiger partial charge in [-0.15, -0.1) is 0 Å². The van der Waals surface area contributed by atoms with Crippen LogP contribution in [-0.2, 0) is 0 Å². The zero-order valence-electron chi connectivity index (χ0n) is 14.9. The maximum Gasteiger partial charge on any atom is 0.0874 e. The van der Waals surface area contributed by atoms with E-state index in [-0.39, 0.29) is 5.92 Å². The van der Waals surface area contributed by atoms with Gasteiger partial charge in [0.25, 0.3) is 0 Å². The predicted octanol–water partition coefficient (Wildman–Crippen LogP) is 5.31. The zero-order valence-corrected chi connectivity index (χ0v) is 14.9. The fraction of sp³-hybridized carbons (Fsp3) is 0.130. The summed E-state index contributed by atoms with van der Waals surface area (Å²) in [5.41, 5.74) is 4.07. The topological polar surface area (TPSA) is 65.2 Å². The van der Waals surface area contributed by atoms with Crippen LogP contribution < -0.4 is 0 Å². The Morgan fingerprint density at radius 1 is 0.593 bits per heavy atom. The highest BCUT2D eigenvalue weighted by molar-refractivity contribution is 6.03. The average molecular weight is 358 g/mol. The molecule has 0 radical (unpaired) electrons. The van der Waals surface area contributed by atoms with Crippen molar-refractivity contribution in [3.63, 3.8) is 0 Å². The van der Waals surface area contributed by atoms with Gasteiger partial charge in [-0.05, 0) is 22.6 Å². The van der Waals surface area contributed by atoms with Crippen LogP contribution in [0, 0.1) is 0 Å². The summed E-state index contributed by atoms with van der Waals surface area (Å²) in [7, 11) is 0. The fourth-order valence-electron chi connectivity index (χ4n) is 3.19. The Morgan fingerprint density at radius 3 is 1.33 bits per heavy atom. The summed E-state index contributed by atoms with van der Waals surface area (Å²) in [5, 5.41) is 26.3. The van der Waals surface area contributed by atoms with Gasteiger partial charge in [0.05, 0.1) is 11.4 Å². The minimum absolute atomic E-state index is 0.00316. The maximum absolute atomic E-state index is 9.59. The second-order valence-electron chi connectivity index (χ2n) is 6.34. The Morgan fingerprint density at radius 2 is 0.963 bits per heavy atom. The monoisotopic (exact) mass is 358 g/mol. The van der Waals surface area contributed by atoms with Crippen LogP contribution in [0.25, 0.3) is 0 Å². The van der Waals surface area contributed by atoms with Crippen molar-refractivity contribution in [2.75, 3.05) is 0 Å². The van der Waals surface area contributed by atoms with Crippen LogP contribution in [0.5, 0.6) is 0 Å². The third-order valence-corrected chi connectivity index (χ3v) is 4.61. The van der Waals surface area contributed by atoms with Crippen molar-refractivity contribution in [3.05, 3.63) is 108 Å². The third-order valence-electron chi connectivity index (χ3n) is 4.61. The Bertz CT molecular complexity index is 834. The first-order valence-electron chi connectivity index (χ1n) is 8.89. The van der Waals surface area contributed by atoms with Gasteiger partial charge < -0.3 is 10.4 Å². The van der Waals surface area contributed by atoms with Crippen molar-refractivity contribution >= 4 is 11.4 Å². The van der Waals surface area contributed by atoms with Crippen LogP contribution in [0.1, 0.15) is 35.4 Å².